The van der Waals surface area contributed by atoms with Gasteiger partial charge in [0.1, 0.15) is 5.82 Å². The summed E-state index contributed by atoms with van der Waals surface area (Å²) in [6.07, 6.45) is 3.88. The van der Waals surface area contributed by atoms with E-state index in [4.69, 9.17) is 0 Å². The highest BCUT2D eigenvalue weighted by atomic mass is 16.2. The summed E-state index contributed by atoms with van der Waals surface area (Å²) >= 11 is 0. The summed E-state index contributed by atoms with van der Waals surface area (Å²) in [6.45, 7) is 6.08. The van der Waals surface area contributed by atoms with Crippen molar-refractivity contribution in [2.45, 2.75) is 38.9 Å². The summed E-state index contributed by atoms with van der Waals surface area (Å²) in [7, 11) is 1.58. The molecule has 2 heterocycles. The molecule has 0 bridgehead atoms. The van der Waals surface area contributed by atoms with E-state index >= 15 is 0 Å². The number of carbonyl (C=O) groups is 2. The van der Waals surface area contributed by atoms with E-state index in [1.54, 1.807) is 13.2 Å². The maximum absolute atomic E-state index is 12.0. The van der Waals surface area contributed by atoms with Crippen LogP contribution in [0.2, 0.25) is 0 Å². The van der Waals surface area contributed by atoms with Gasteiger partial charge in [-0.25, -0.2) is 4.98 Å². The van der Waals surface area contributed by atoms with Gasteiger partial charge in [0.25, 0.3) is 0 Å². The van der Waals surface area contributed by atoms with Crippen molar-refractivity contribution in [3.05, 3.63) is 18.2 Å². The largest absolute Gasteiger partial charge is 0.359 e. The number of hydrogen-bond acceptors (Lipinski definition) is 4. The Hall–Kier alpha value is -1.89. The van der Waals surface area contributed by atoms with E-state index in [-0.39, 0.29) is 18.2 Å². The van der Waals surface area contributed by atoms with E-state index in [0.717, 1.165) is 12.4 Å². The summed E-state index contributed by atoms with van der Waals surface area (Å²) < 4.78 is 2.09. The number of nitrogens with one attached hydrogen (secondary N) is 2. The van der Waals surface area contributed by atoms with Crippen LogP contribution >= 0.6 is 0 Å². The molecule has 0 unspecified atom stereocenters. The van der Waals surface area contributed by atoms with Crippen molar-refractivity contribution in [2.75, 3.05) is 20.1 Å². The highest BCUT2D eigenvalue weighted by molar-refractivity contribution is 5.88. The molecule has 2 N–H and O–H groups in total. The molecule has 7 nitrogen and oxygen atoms in total. The van der Waals surface area contributed by atoms with E-state index in [2.05, 4.69) is 34.0 Å². The molecule has 1 aliphatic heterocycles. The second-order valence-electron chi connectivity index (χ2n) is 5.50. The van der Waals surface area contributed by atoms with Gasteiger partial charge in [0.2, 0.25) is 11.8 Å². The Morgan fingerprint density at radius 1 is 1.57 bits per heavy atom. The average Bonchev–Trinajstić information content (AvgIpc) is 2.90. The van der Waals surface area contributed by atoms with Gasteiger partial charge in [0, 0.05) is 38.6 Å². The van der Waals surface area contributed by atoms with E-state index < -0.39 is 6.04 Å². The first kappa shape index (κ1) is 15.5. The summed E-state index contributed by atoms with van der Waals surface area (Å²) in [5.41, 5.74) is 0. The fourth-order valence-electron chi connectivity index (χ4n) is 2.57. The van der Waals surface area contributed by atoms with Crippen LogP contribution in [0.1, 0.15) is 32.1 Å². The van der Waals surface area contributed by atoms with Crippen LogP contribution in [0, 0.1) is 0 Å². The van der Waals surface area contributed by atoms with Gasteiger partial charge in [0.05, 0.1) is 19.0 Å². The molecule has 1 fully saturated rings. The number of nitrogens with zero attached hydrogens (tertiary/aromatic N) is 3. The SMILES string of the molecule is CNC(=O)C[C@@H]1C(=O)NCCN1Cc1nccn1C(C)C. The number of rotatable bonds is 5. The minimum absolute atomic E-state index is 0.0903. The summed E-state index contributed by atoms with van der Waals surface area (Å²) in [5.74, 6) is 0.698. The quantitative estimate of drug-likeness (QED) is 0.794. The van der Waals surface area contributed by atoms with Crippen LogP contribution in [-0.2, 0) is 16.1 Å². The van der Waals surface area contributed by atoms with Gasteiger partial charge < -0.3 is 15.2 Å². The minimum atomic E-state index is -0.434. The van der Waals surface area contributed by atoms with E-state index in [0.29, 0.717) is 19.1 Å². The zero-order valence-electron chi connectivity index (χ0n) is 12.8. The van der Waals surface area contributed by atoms with E-state index in [1.165, 1.54) is 0 Å². The molecule has 0 saturated carbocycles. The second-order valence-corrected chi connectivity index (χ2v) is 5.50. The third-order valence-corrected chi connectivity index (χ3v) is 3.75. The number of imidazole rings is 1. The number of carbonyl (C=O) groups excluding carboxylic acids is 2. The Labute approximate surface area is 124 Å². The molecule has 2 amide bonds. The van der Waals surface area contributed by atoms with Gasteiger partial charge >= 0.3 is 0 Å². The molecule has 2 rings (SSSR count). The Morgan fingerprint density at radius 3 is 3.00 bits per heavy atom. The molecule has 0 spiro atoms. The molecular weight excluding hydrogens is 270 g/mol. The fourth-order valence-corrected chi connectivity index (χ4v) is 2.57. The van der Waals surface area contributed by atoms with Crippen molar-refractivity contribution < 1.29 is 9.59 Å². The number of piperazine rings is 1. The predicted octanol–water partition coefficient (Wildman–Crippen LogP) is -0.0995. The first-order valence-electron chi connectivity index (χ1n) is 7.27. The molecule has 0 radical (unpaired) electrons. The van der Waals surface area contributed by atoms with Crippen LogP contribution in [0.25, 0.3) is 0 Å². The van der Waals surface area contributed by atoms with E-state index in [9.17, 15) is 9.59 Å². The molecule has 1 saturated heterocycles. The zero-order valence-corrected chi connectivity index (χ0v) is 12.8. The lowest BCUT2D eigenvalue weighted by Gasteiger charge is -2.34. The zero-order chi connectivity index (χ0) is 15.4. The molecule has 116 valence electrons. The average molecular weight is 293 g/mol. The van der Waals surface area contributed by atoms with Gasteiger partial charge in [0.15, 0.2) is 0 Å². The molecule has 0 aromatic carbocycles. The maximum atomic E-state index is 12.0. The van der Waals surface area contributed by atoms with Crippen molar-refractivity contribution in [1.82, 2.24) is 25.1 Å². The van der Waals surface area contributed by atoms with Crippen LogP contribution in [0.15, 0.2) is 12.4 Å². The monoisotopic (exact) mass is 293 g/mol. The standard InChI is InChI=1S/C14H23N5O2/c1-10(2)19-7-5-16-12(19)9-18-6-4-17-14(21)11(18)8-13(20)15-3/h5,7,10-11H,4,6,8-9H2,1-3H3,(H,15,20)(H,17,21)/t11-/m1/s1. The van der Waals surface area contributed by atoms with Gasteiger partial charge in [-0.1, -0.05) is 0 Å². The third-order valence-electron chi connectivity index (χ3n) is 3.75. The Balaban J connectivity index is 2.13. The lowest BCUT2D eigenvalue weighted by Crippen LogP contribution is -2.56. The first-order valence-corrected chi connectivity index (χ1v) is 7.27. The highest BCUT2D eigenvalue weighted by Gasteiger charge is 2.32. The Morgan fingerprint density at radius 2 is 2.33 bits per heavy atom. The van der Waals surface area contributed by atoms with Gasteiger partial charge in [-0.3, -0.25) is 14.5 Å². The highest BCUT2D eigenvalue weighted by Crippen LogP contribution is 2.15. The lowest BCUT2D eigenvalue weighted by atomic mass is 10.1. The number of hydrogen-bond donors (Lipinski definition) is 2. The van der Waals surface area contributed by atoms with Gasteiger partial charge in [-0.15, -0.1) is 0 Å². The Bertz CT molecular complexity index is 511. The predicted molar refractivity (Wildman–Crippen MR) is 78.5 cm³/mol. The van der Waals surface area contributed by atoms with Crippen LogP contribution in [-0.4, -0.2) is 52.4 Å². The molecule has 21 heavy (non-hydrogen) atoms. The van der Waals surface area contributed by atoms with Crippen LogP contribution in [0.4, 0.5) is 0 Å². The van der Waals surface area contributed by atoms with Crippen LogP contribution in [0.3, 0.4) is 0 Å². The normalized spacial score (nSPS) is 19.6. The smallest absolute Gasteiger partial charge is 0.237 e. The summed E-state index contributed by atoms with van der Waals surface area (Å²) in [5, 5.41) is 5.40. The number of aromatic nitrogens is 2. The molecule has 1 atom stereocenters. The summed E-state index contributed by atoms with van der Waals surface area (Å²) in [6, 6.07) is -0.116. The lowest BCUT2D eigenvalue weighted by molar-refractivity contribution is -0.134. The van der Waals surface area contributed by atoms with Crippen molar-refractivity contribution in [2.24, 2.45) is 0 Å². The van der Waals surface area contributed by atoms with Crippen LogP contribution in [0.5, 0.6) is 0 Å². The molecular formula is C14H23N5O2. The fraction of sp³-hybridized carbons (Fsp3) is 0.643. The second kappa shape index (κ2) is 6.71. The molecule has 7 heteroatoms. The first-order chi connectivity index (χ1) is 10.0. The third kappa shape index (κ3) is 3.60. The number of amides is 2. The van der Waals surface area contributed by atoms with E-state index in [1.807, 2.05) is 11.1 Å². The van der Waals surface area contributed by atoms with Crippen molar-refractivity contribution in [3.8, 4) is 0 Å². The minimum Gasteiger partial charge on any atom is -0.359 e. The van der Waals surface area contributed by atoms with Crippen LogP contribution < -0.4 is 10.6 Å². The van der Waals surface area contributed by atoms with Crippen molar-refractivity contribution >= 4 is 11.8 Å². The summed E-state index contributed by atoms with van der Waals surface area (Å²) in [4.78, 5) is 30.1. The van der Waals surface area contributed by atoms with Crippen molar-refractivity contribution in [1.29, 1.82) is 0 Å². The topological polar surface area (TPSA) is 79.3 Å². The molecule has 1 aromatic heterocycles. The molecule has 0 aliphatic carbocycles. The van der Waals surface area contributed by atoms with Gasteiger partial charge in [-0.05, 0) is 13.8 Å². The molecule has 1 aromatic rings. The maximum Gasteiger partial charge on any atom is 0.237 e. The molecule has 1 aliphatic rings. The Kier molecular flexibility index (Phi) is 4.95. The van der Waals surface area contributed by atoms with Gasteiger partial charge in [-0.2, -0.15) is 0 Å². The van der Waals surface area contributed by atoms with Crippen molar-refractivity contribution in [3.63, 3.8) is 0 Å².